The Hall–Kier alpha value is -2.54. The summed E-state index contributed by atoms with van der Waals surface area (Å²) in [7, 11) is -3.60. The Morgan fingerprint density at radius 1 is 1.00 bits per heavy atom. The van der Waals surface area contributed by atoms with Gasteiger partial charge in [-0.2, -0.15) is 0 Å². The number of amides is 1. The van der Waals surface area contributed by atoms with Gasteiger partial charge in [-0.3, -0.25) is 9.52 Å². The van der Waals surface area contributed by atoms with Crippen molar-refractivity contribution in [1.82, 2.24) is 4.90 Å². The zero-order valence-corrected chi connectivity index (χ0v) is 15.8. The Bertz CT molecular complexity index is 887. The molecule has 7 heteroatoms. The van der Waals surface area contributed by atoms with Gasteiger partial charge in [0.05, 0.1) is 4.90 Å². The van der Waals surface area contributed by atoms with Crippen LogP contribution in [-0.4, -0.2) is 45.4 Å². The number of piperazine rings is 1. The van der Waals surface area contributed by atoms with Crippen LogP contribution in [0, 0.1) is 6.92 Å². The van der Waals surface area contributed by atoms with Gasteiger partial charge in [0.25, 0.3) is 10.0 Å². The second-order valence-corrected chi connectivity index (χ2v) is 8.14. The molecule has 1 aliphatic heterocycles. The quantitative estimate of drug-likeness (QED) is 0.894. The van der Waals surface area contributed by atoms with Crippen LogP contribution in [0.3, 0.4) is 0 Å². The van der Waals surface area contributed by atoms with Crippen molar-refractivity contribution >= 4 is 27.3 Å². The molecular weight excluding hydrogens is 350 g/mol. The first-order valence-corrected chi connectivity index (χ1v) is 10.0. The molecule has 2 aromatic carbocycles. The largest absolute Gasteiger partial charge is 0.368 e. The van der Waals surface area contributed by atoms with Crippen molar-refractivity contribution in [2.24, 2.45) is 0 Å². The van der Waals surface area contributed by atoms with Gasteiger partial charge in [-0.25, -0.2) is 8.42 Å². The molecule has 0 atom stereocenters. The molecule has 6 nitrogen and oxygen atoms in total. The Morgan fingerprint density at radius 3 is 2.23 bits per heavy atom. The first-order chi connectivity index (χ1) is 12.3. The van der Waals surface area contributed by atoms with E-state index in [1.165, 1.54) is 0 Å². The van der Waals surface area contributed by atoms with Crippen LogP contribution in [0.15, 0.2) is 53.4 Å². The van der Waals surface area contributed by atoms with Gasteiger partial charge in [0.1, 0.15) is 0 Å². The molecule has 1 aliphatic rings. The third-order valence-corrected chi connectivity index (χ3v) is 5.89. The first-order valence-electron chi connectivity index (χ1n) is 8.55. The number of rotatable bonds is 4. The summed E-state index contributed by atoms with van der Waals surface area (Å²) in [6.07, 6.45) is 0. The van der Waals surface area contributed by atoms with Gasteiger partial charge < -0.3 is 9.80 Å². The predicted molar refractivity (Wildman–Crippen MR) is 103 cm³/mol. The van der Waals surface area contributed by atoms with Crippen LogP contribution in [0.1, 0.15) is 12.5 Å². The van der Waals surface area contributed by atoms with Crippen molar-refractivity contribution in [3.05, 3.63) is 54.1 Å². The number of aryl methyl sites for hydroxylation is 1. The SMILES string of the molecule is CC(=O)N1CCN(c2ccc(NS(=O)(=O)c3cccc(C)c3)cc2)CC1. The molecule has 1 heterocycles. The van der Waals surface area contributed by atoms with Crippen LogP contribution < -0.4 is 9.62 Å². The molecule has 0 radical (unpaired) electrons. The lowest BCUT2D eigenvalue weighted by atomic mass is 10.2. The van der Waals surface area contributed by atoms with Crippen molar-refractivity contribution < 1.29 is 13.2 Å². The summed E-state index contributed by atoms with van der Waals surface area (Å²) >= 11 is 0. The second kappa shape index (κ2) is 7.37. The topological polar surface area (TPSA) is 69.7 Å². The monoisotopic (exact) mass is 373 g/mol. The van der Waals surface area contributed by atoms with Crippen molar-refractivity contribution in [3.8, 4) is 0 Å². The van der Waals surface area contributed by atoms with Crippen LogP contribution >= 0.6 is 0 Å². The molecule has 0 aliphatic carbocycles. The lowest BCUT2D eigenvalue weighted by Crippen LogP contribution is -2.48. The highest BCUT2D eigenvalue weighted by Gasteiger charge is 2.19. The van der Waals surface area contributed by atoms with E-state index in [1.807, 2.05) is 30.0 Å². The zero-order chi connectivity index (χ0) is 18.7. The van der Waals surface area contributed by atoms with Gasteiger partial charge in [-0.15, -0.1) is 0 Å². The first kappa shape index (κ1) is 18.3. The number of carbonyl (C=O) groups excluding carboxylic acids is 1. The lowest BCUT2D eigenvalue weighted by molar-refractivity contribution is -0.129. The Labute approximate surface area is 154 Å². The van der Waals surface area contributed by atoms with Crippen LogP contribution in [0.2, 0.25) is 0 Å². The molecule has 0 unspecified atom stereocenters. The minimum atomic E-state index is -3.60. The molecule has 0 saturated carbocycles. The van der Waals surface area contributed by atoms with Gasteiger partial charge in [0.15, 0.2) is 0 Å². The van der Waals surface area contributed by atoms with E-state index in [0.29, 0.717) is 18.8 Å². The summed E-state index contributed by atoms with van der Waals surface area (Å²) in [5.74, 6) is 0.102. The average molecular weight is 373 g/mol. The second-order valence-electron chi connectivity index (χ2n) is 6.46. The molecule has 0 bridgehead atoms. The lowest BCUT2D eigenvalue weighted by Gasteiger charge is -2.35. The number of nitrogens with zero attached hydrogens (tertiary/aromatic N) is 2. The maximum absolute atomic E-state index is 12.5. The maximum Gasteiger partial charge on any atom is 0.261 e. The van der Waals surface area contributed by atoms with Crippen molar-refractivity contribution in [2.45, 2.75) is 18.7 Å². The fourth-order valence-corrected chi connectivity index (χ4v) is 4.18. The normalized spacial score (nSPS) is 15.0. The summed E-state index contributed by atoms with van der Waals surface area (Å²) in [6, 6.07) is 14.1. The molecule has 3 rings (SSSR count). The molecule has 1 N–H and O–H groups in total. The average Bonchev–Trinajstić information content (AvgIpc) is 2.62. The maximum atomic E-state index is 12.5. The number of benzene rings is 2. The number of hydrogen-bond acceptors (Lipinski definition) is 4. The van der Waals surface area contributed by atoms with E-state index in [0.717, 1.165) is 24.3 Å². The smallest absolute Gasteiger partial charge is 0.261 e. The molecule has 1 fully saturated rings. The molecule has 1 saturated heterocycles. The fraction of sp³-hybridized carbons (Fsp3) is 0.316. The number of carbonyl (C=O) groups is 1. The van der Waals surface area contributed by atoms with E-state index in [9.17, 15) is 13.2 Å². The van der Waals surface area contributed by atoms with Crippen molar-refractivity contribution in [1.29, 1.82) is 0 Å². The summed E-state index contributed by atoms with van der Waals surface area (Å²) in [5, 5.41) is 0. The van der Waals surface area contributed by atoms with E-state index < -0.39 is 10.0 Å². The minimum absolute atomic E-state index is 0.102. The van der Waals surface area contributed by atoms with E-state index in [-0.39, 0.29) is 10.8 Å². The summed E-state index contributed by atoms with van der Waals surface area (Å²) in [4.78, 5) is 15.7. The molecule has 0 aromatic heterocycles. The zero-order valence-electron chi connectivity index (χ0n) is 15.0. The van der Waals surface area contributed by atoms with Gasteiger partial charge in [-0.05, 0) is 48.9 Å². The highest BCUT2D eigenvalue weighted by molar-refractivity contribution is 7.92. The van der Waals surface area contributed by atoms with Gasteiger partial charge in [-0.1, -0.05) is 12.1 Å². The van der Waals surface area contributed by atoms with Gasteiger partial charge in [0, 0.05) is 44.5 Å². The van der Waals surface area contributed by atoms with Crippen LogP contribution in [0.5, 0.6) is 0 Å². The standard InChI is InChI=1S/C19H23N3O3S/c1-15-4-3-5-19(14-15)26(24,25)20-17-6-8-18(9-7-17)22-12-10-21(11-13-22)16(2)23/h3-9,14,20H,10-13H2,1-2H3. The highest BCUT2D eigenvalue weighted by Crippen LogP contribution is 2.22. The van der Waals surface area contributed by atoms with Crippen LogP contribution in [0.25, 0.3) is 0 Å². The minimum Gasteiger partial charge on any atom is -0.368 e. The number of anilines is 2. The van der Waals surface area contributed by atoms with E-state index in [1.54, 1.807) is 37.3 Å². The Morgan fingerprint density at radius 2 is 1.65 bits per heavy atom. The molecule has 26 heavy (non-hydrogen) atoms. The predicted octanol–water partition coefficient (Wildman–Crippen LogP) is 2.46. The molecule has 0 spiro atoms. The Kier molecular flexibility index (Phi) is 5.18. The van der Waals surface area contributed by atoms with E-state index in [2.05, 4.69) is 9.62 Å². The molecule has 138 valence electrons. The summed E-state index contributed by atoms with van der Waals surface area (Å²) < 4.78 is 27.6. The highest BCUT2D eigenvalue weighted by atomic mass is 32.2. The third kappa shape index (κ3) is 4.16. The third-order valence-electron chi connectivity index (χ3n) is 4.51. The molecule has 1 amide bonds. The number of hydrogen-bond donors (Lipinski definition) is 1. The van der Waals surface area contributed by atoms with E-state index in [4.69, 9.17) is 0 Å². The van der Waals surface area contributed by atoms with Crippen molar-refractivity contribution in [3.63, 3.8) is 0 Å². The summed E-state index contributed by atoms with van der Waals surface area (Å²) in [6.45, 7) is 6.40. The fourth-order valence-electron chi connectivity index (χ4n) is 3.02. The number of nitrogens with one attached hydrogen (secondary N) is 1. The van der Waals surface area contributed by atoms with Gasteiger partial charge in [0.2, 0.25) is 5.91 Å². The molecule has 2 aromatic rings. The van der Waals surface area contributed by atoms with Crippen molar-refractivity contribution in [2.75, 3.05) is 35.8 Å². The Balaban J connectivity index is 1.67. The van der Waals surface area contributed by atoms with Crippen LogP contribution in [-0.2, 0) is 14.8 Å². The van der Waals surface area contributed by atoms with Gasteiger partial charge >= 0.3 is 0 Å². The summed E-state index contributed by atoms with van der Waals surface area (Å²) in [5.41, 5.74) is 2.44. The van der Waals surface area contributed by atoms with E-state index >= 15 is 0 Å². The van der Waals surface area contributed by atoms with Crippen LogP contribution in [0.4, 0.5) is 11.4 Å². The molecular formula is C19H23N3O3S. The number of sulfonamides is 1.